The SMILES string of the molecule is CO[C@H]1C[C@@H]2CC[C@@H](C)[C@@](O)(C2)C(=O)C(=O)N2CCCC[C@H]2C(=O)O[C@H]([C@H](C)CC2CC[C@@H](OC(=O)CN)[C@H](OC)C2)CC(=O)[C@H](C)/C=C(\C)[C@@H](O)[C@@H](OC)C(=O)[C@H](C)C[C@H](C)/C=C/C=CC=C1C.CO[C@H]1C[C@@H]2CC[C@@H](C)[C@@](O)(C2)C(=O)C(=O)N2CCCC[C@H]2C(=O)O[C@H]([C@H](C)CC2CC[C@@H](OC(=O)CN=[N+]=[N-])[C@H](OC)C2)CC(=O)[C@H](C)/C=C(\C)[C@@H](O)[C@@H](OC)C(=O)[C@H](C)C[C@H](C)/C=C/C=CC=C1C. The first-order chi connectivity index (χ1) is 66.4. The molecule has 0 aromatic heterocycles. The summed E-state index contributed by atoms with van der Waals surface area (Å²) in [5.41, 5.74) is 12.9. The van der Waals surface area contributed by atoms with E-state index < -0.39 is 173 Å². The summed E-state index contributed by atoms with van der Waals surface area (Å²) >= 11 is 0. The third-order valence-electron chi connectivity index (χ3n) is 31.2. The molecule has 8 rings (SSSR count). The van der Waals surface area contributed by atoms with E-state index in [0.717, 1.165) is 24.0 Å². The number of nitrogens with two attached hydrogens (primary N) is 1. The quantitative estimate of drug-likeness (QED) is 0.0172. The first-order valence-corrected chi connectivity index (χ1v) is 51.1. The second-order valence-corrected chi connectivity index (χ2v) is 41.8. The minimum atomic E-state index is -1.96. The van der Waals surface area contributed by atoms with Crippen molar-refractivity contribution in [1.82, 2.24) is 9.80 Å². The Morgan fingerprint density at radius 3 is 1.23 bits per heavy atom. The number of aliphatic hydroxyl groups excluding tert-OH is 2. The molecule has 8 aliphatic rings. The Morgan fingerprint density at radius 2 is 0.871 bits per heavy atom. The summed E-state index contributed by atoms with van der Waals surface area (Å²) < 4.78 is 58.3. The summed E-state index contributed by atoms with van der Waals surface area (Å²) in [6.45, 7) is 25.1. The van der Waals surface area contributed by atoms with Crippen molar-refractivity contribution in [2.75, 3.05) is 68.8 Å². The molecule has 4 bridgehead atoms. The van der Waals surface area contributed by atoms with Crippen LogP contribution in [0.25, 0.3) is 10.4 Å². The number of allylic oxidation sites excluding steroid dienone is 12. The molecule has 4 aliphatic carbocycles. The molecule has 0 radical (unpaired) electrons. The van der Waals surface area contributed by atoms with Crippen molar-refractivity contribution in [3.8, 4) is 0 Å². The average molecular weight is 1960 g/mol. The first kappa shape index (κ1) is 119. The maximum atomic E-state index is 14.5. The van der Waals surface area contributed by atoms with Gasteiger partial charge in [0, 0.05) is 97.2 Å². The summed E-state index contributed by atoms with van der Waals surface area (Å²) in [5.74, 6) is -11.9. The fourth-order valence-electron chi connectivity index (χ4n) is 22.1. The number of azide groups is 1. The number of rotatable bonds is 17. The van der Waals surface area contributed by atoms with Gasteiger partial charge in [0.05, 0.1) is 31.0 Å². The third kappa shape index (κ3) is 33.3. The van der Waals surface area contributed by atoms with Gasteiger partial charge in [0.2, 0.25) is 0 Å². The number of nitrogens with zero attached hydrogens (tertiary/aromatic N) is 5. The van der Waals surface area contributed by atoms with E-state index in [-0.39, 0.29) is 141 Å². The molecule has 0 aromatic carbocycles. The standard InChI is InChI=1S/C54H82N4O13.C54H84N2O13/c1-32-16-12-11-13-17-33(2)44(67-8)28-40-20-19-38(7)54(66,30-40)51(63)52(64)58-23-15-14-18-41(58)53(65)71-45(29-42(59)34(3)25-37(6)49(62)50(69-10)48(61)36(5)24-32)35(4)26-39-21-22-43(46(27-39)68-9)70-47(60)31-56-57-55;1-32-16-12-11-13-17-33(2)44(65-8)28-40-20-19-38(7)54(64,30-40)51(61)52(62)56-23-15-14-18-41(56)53(63)69-45(35(4)26-39-21-22-43(46(27-39)66-9)68-47(58)31-55)29-42(57)34(3)25-37(6)49(60)50(67-10)48(59)36(5)24-32/h11-13,16-17,25,32,34-36,38-41,43-46,49-50,62,66H,14-15,18-24,26-31H2,1-10H3;11-13,16-17,25,32,34-36,38-41,43-46,49-50,60,64H,14-15,18-24,26-31,55H2,1-10H3/b2*13-11?,16-12+,33-17?,37-25+/t2*32-,34-,35-,36-,38-,39?,40+,41+,43-,44+,45+,46-,49-,50+,54+/m11/s1. The Bertz CT molecular complexity index is 4470. The largest absolute Gasteiger partial charge is 0.460 e. The van der Waals surface area contributed by atoms with Crippen LogP contribution in [0.2, 0.25) is 0 Å². The number of amides is 2. The van der Waals surface area contributed by atoms with Gasteiger partial charge in [0.15, 0.2) is 11.6 Å². The number of hydrogen-bond acceptors (Lipinski definition) is 28. The highest BCUT2D eigenvalue weighted by Crippen LogP contribution is 2.45. The zero-order valence-electron chi connectivity index (χ0n) is 86.9. The second-order valence-electron chi connectivity index (χ2n) is 41.8. The van der Waals surface area contributed by atoms with Crippen LogP contribution in [-0.4, -0.2) is 266 Å². The van der Waals surface area contributed by atoms with Crippen molar-refractivity contribution in [3.05, 3.63) is 106 Å². The van der Waals surface area contributed by atoms with Crippen LogP contribution in [0.3, 0.4) is 0 Å². The Labute approximate surface area is 829 Å². The number of fused-ring (bicyclic) bond motifs is 6. The van der Waals surface area contributed by atoms with Gasteiger partial charge in [-0.15, -0.1) is 0 Å². The highest BCUT2D eigenvalue weighted by Gasteiger charge is 2.55. The van der Waals surface area contributed by atoms with Crippen molar-refractivity contribution in [1.29, 1.82) is 0 Å². The highest BCUT2D eigenvalue weighted by molar-refractivity contribution is 6.40. The third-order valence-corrected chi connectivity index (χ3v) is 31.2. The minimum absolute atomic E-state index is 0.00782. The molecule has 2 amide bonds. The molecule has 140 heavy (non-hydrogen) atoms. The molecule has 32 heteroatoms. The lowest BCUT2D eigenvalue weighted by atomic mass is 9.67. The van der Waals surface area contributed by atoms with Crippen LogP contribution in [0.4, 0.5) is 0 Å². The van der Waals surface area contributed by atoms with E-state index in [9.17, 15) is 78.0 Å². The average Bonchev–Trinajstić information content (AvgIpc) is 0.774. The Hall–Kier alpha value is -8.37. The van der Waals surface area contributed by atoms with Gasteiger partial charge in [-0.2, -0.15) is 0 Å². The van der Waals surface area contributed by atoms with Crippen LogP contribution >= 0.6 is 0 Å². The van der Waals surface area contributed by atoms with Crippen LogP contribution in [0.5, 0.6) is 0 Å². The smallest absolute Gasteiger partial charge is 0.329 e. The molecular weight excluding hydrogens is 1800 g/mol. The van der Waals surface area contributed by atoms with Gasteiger partial charge in [-0.3, -0.25) is 47.9 Å². The predicted octanol–water partition coefficient (Wildman–Crippen LogP) is 14.1. The molecule has 784 valence electrons. The van der Waals surface area contributed by atoms with Crippen molar-refractivity contribution in [3.63, 3.8) is 0 Å². The van der Waals surface area contributed by atoms with Gasteiger partial charge in [-0.1, -0.05) is 147 Å². The monoisotopic (exact) mass is 1960 g/mol. The molecule has 6 fully saturated rings. The Kier molecular flexibility index (Phi) is 48.6. The van der Waals surface area contributed by atoms with E-state index in [1.54, 1.807) is 75.0 Å². The maximum absolute atomic E-state index is 14.5. The van der Waals surface area contributed by atoms with Crippen molar-refractivity contribution in [2.24, 2.45) is 93.7 Å². The fraction of sp³-hybridized carbons (Fsp3) is 0.741. The second kappa shape index (κ2) is 57.4. The number of aliphatic hydroxyl groups is 4. The predicted molar refractivity (Wildman–Crippen MR) is 528 cm³/mol. The van der Waals surface area contributed by atoms with E-state index in [0.29, 0.717) is 127 Å². The molecule has 32 nitrogen and oxygen atoms in total. The van der Waals surface area contributed by atoms with Crippen molar-refractivity contribution < 1.29 is 125 Å². The lowest BCUT2D eigenvalue weighted by molar-refractivity contribution is -0.172. The van der Waals surface area contributed by atoms with Crippen LogP contribution in [0, 0.1) is 82.9 Å². The van der Waals surface area contributed by atoms with Gasteiger partial charge in [0.25, 0.3) is 23.4 Å². The molecule has 0 spiro atoms. The number of cyclic esters (lactones) is 2. The maximum Gasteiger partial charge on any atom is 0.329 e. The van der Waals surface area contributed by atoms with E-state index in [1.165, 1.54) is 31.1 Å². The molecule has 0 aromatic rings. The van der Waals surface area contributed by atoms with Crippen LogP contribution in [0.15, 0.2) is 100 Å². The van der Waals surface area contributed by atoms with E-state index >= 15 is 0 Å². The highest BCUT2D eigenvalue weighted by atomic mass is 16.6. The molecular formula is C108H166N6O26. The molecule has 4 saturated carbocycles. The molecule has 4 heterocycles. The van der Waals surface area contributed by atoms with E-state index in [2.05, 4.69) is 10.0 Å². The number of carbonyl (C=O) groups is 12. The number of hydrogen-bond donors (Lipinski definition) is 5. The van der Waals surface area contributed by atoms with E-state index in [4.69, 9.17) is 58.6 Å². The zero-order valence-corrected chi connectivity index (χ0v) is 86.9. The number of ether oxygens (including phenoxy) is 10. The van der Waals surface area contributed by atoms with Crippen molar-refractivity contribution in [2.45, 2.75) is 360 Å². The Morgan fingerprint density at radius 1 is 0.486 bits per heavy atom. The van der Waals surface area contributed by atoms with Crippen molar-refractivity contribution >= 4 is 70.4 Å². The van der Waals surface area contributed by atoms with Gasteiger partial charge < -0.3 is 83.3 Å². The normalized spacial score (nSPS) is 37.0. The number of methoxy groups -OCH3 is 6. The summed E-state index contributed by atoms with van der Waals surface area (Å²) in [7, 11) is 9.08. The fourth-order valence-corrected chi connectivity index (χ4v) is 22.1. The first-order valence-electron chi connectivity index (χ1n) is 51.1. The minimum Gasteiger partial charge on any atom is -0.460 e. The molecule has 2 saturated heterocycles. The summed E-state index contributed by atoms with van der Waals surface area (Å²) in [5, 5.41) is 50.7. The molecule has 6 N–H and O–H groups in total. The van der Waals surface area contributed by atoms with Crippen LogP contribution in [0.1, 0.15) is 264 Å². The lowest BCUT2D eigenvalue weighted by Gasteiger charge is -2.43. The summed E-state index contributed by atoms with van der Waals surface area (Å²) in [6.07, 6.45) is 24.6. The number of carbonyl (C=O) groups excluding carboxylic acids is 12. The van der Waals surface area contributed by atoms with Gasteiger partial charge >= 0.3 is 23.9 Å². The summed E-state index contributed by atoms with van der Waals surface area (Å²) in [4.78, 5) is 172. The number of ketones is 6. The summed E-state index contributed by atoms with van der Waals surface area (Å²) in [6, 6.07) is -2.25. The Balaban J connectivity index is 0.000000381. The zero-order chi connectivity index (χ0) is 104. The number of piperidine rings is 2. The number of esters is 4. The van der Waals surface area contributed by atoms with Crippen LogP contribution < -0.4 is 5.73 Å². The van der Waals surface area contributed by atoms with Gasteiger partial charge in [-0.25, -0.2) is 9.59 Å². The number of Topliss-reactive ketones (excluding diaryl/α,β-unsaturated/α-hetero) is 6. The molecule has 4 aliphatic heterocycles. The molecule has 30 atom stereocenters. The lowest BCUT2D eigenvalue weighted by Crippen LogP contribution is -2.59. The molecule has 2 unspecified atom stereocenters. The van der Waals surface area contributed by atoms with Crippen LogP contribution in [-0.2, 0) is 105 Å². The van der Waals surface area contributed by atoms with Gasteiger partial charge in [0.1, 0.15) is 90.2 Å². The van der Waals surface area contributed by atoms with Gasteiger partial charge in [-0.05, 0) is 269 Å². The van der Waals surface area contributed by atoms with E-state index in [1.807, 2.05) is 116 Å². The topological polar surface area (TPSA) is 459 Å².